The van der Waals surface area contributed by atoms with Crippen LogP contribution in [0.3, 0.4) is 0 Å². The van der Waals surface area contributed by atoms with Gasteiger partial charge in [0.25, 0.3) is 11.8 Å². The molecule has 0 bridgehead atoms. The molecule has 1 aromatic rings. The maximum atomic E-state index is 12.7. The predicted octanol–water partition coefficient (Wildman–Crippen LogP) is 3.54. The number of unbranched alkanes of at least 4 members (excludes halogenated alkanes) is 1. The number of urea groups is 1. The number of hydrogen-bond acceptors (Lipinski definition) is 3. The summed E-state index contributed by atoms with van der Waals surface area (Å²) in [6, 6.07) is 4.63. The van der Waals surface area contributed by atoms with Crippen molar-refractivity contribution < 1.29 is 14.4 Å². The number of rotatable bonds is 5. The highest BCUT2D eigenvalue weighted by atomic mass is 16.2. The van der Waals surface area contributed by atoms with Crippen molar-refractivity contribution in [3.8, 4) is 0 Å². The number of carbonyl (C=O) groups is 3. The minimum Gasteiger partial charge on any atom is -0.338 e. The monoisotopic (exact) mass is 343 g/mol. The quantitative estimate of drug-likeness (QED) is 0.634. The molecule has 0 atom stereocenters. The zero-order valence-corrected chi connectivity index (χ0v) is 14.6. The van der Waals surface area contributed by atoms with Crippen molar-refractivity contribution in [2.45, 2.75) is 57.9 Å². The average molecular weight is 343 g/mol. The highest BCUT2D eigenvalue weighted by Gasteiger charge is 2.40. The highest BCUT2D eigenvalue weighted by Crippen LogP contribution is 2.32. The second-order valence-corrected chi connectivity index (χ2v) is 6.77. The number of benzene rings is 1. The molecular formula is C19H25N3O3. The molecule has 0 saturated heterocycles. The van der Waals surface area contributed by atoms with Crippen LogP contribution < -0.4 is 10.6 Å². The fourth-order valence-corrected chi connectivity index (χ4v) is 3.56. The largest absolute Gasteiger partial charge is 0.338 e. The van der Waals surface area contributed by atoms with Crippen molar-refractivity contribution in [1.29, 1.82) is 0 Å². The number of anilines is 1. The Morgan fingerprint density at radius 2 is 1.84 bits per heavy atom. The Morgan fingerprint density at radius 3 is 2.56 bits per heavy atom. The first-order valence-electron chi connectivity index (χ1n) is 9.18. The summed E-state index contributed by atoms with van der Waals surface area (Å²) in [5.74, 6) is -0.437. The van der Waals surface area contributed by atoms with E-state index in [0.29, 0.717) is 23.4 Å². The van der Waals surface area contributed by atoms with Crippen LogP contribution in [0.4, 0.5) is 10.5 Å². The second-order valence-electron chi connectivity index (χ2n) is 6.77. The molecule has 6 nitrogen and oxygen atoms in total. The van der Waals surface area contributed by atoms with Gasteiger partial charge in [0.05, 0.1) is 11.1 Å². The number of fused-ring (bicyclic) bond motifs is 1. The molecule has 3 rings (SSSR count). The first-order chi connectivity index (χ1) is 12.1. The van der Waals surface area contributed by atoms with Gasteiger partial charge in [0, 0.05) is 18.3 Å². The summed E-state index contributed by atoms with van der Waals surface area (Å²) in [6.07, 6.45) is 6.98. The molecule has 0 spiro atoms. The SMILES string of the molecule is CCCCNC(=O)Nc1ccc2c(c1)C(=O)N(C1CCCCC1)C2=O. The van der Waals surface area contributed by atoms with Crippen molar-refractivity contribution in [2.75, 3.05) is 11.9 Å². The van der Waals surface area contributed by atoms with E-state index >= 15 is 0 Å². The Bertz CT molecular complexity index is 680. The van der Waals surface area contributed by atoms with Crippen LogP contribution in [-0.4, -0.2) is 35.3 Å². The van der Waals surface area contributed by atoms with Crippen molar-refractivity contribution in [3.05, 3.63) is 29.3 Å². The van der Waals surface area contributed by atoms with Crippen molar-refractivity contribution >= 4 is 23.5 Å². The van der Waals surface area contributed by atoms with E-state index in [4.69, 9.17) is 0 Å². The molecule has 0 unspecified atom stereocenters. The van der Waals surface area contributed by atoms with E-state index in [9.17, 15) is 14.4 Å². The van der Waals surface area contributed by atoms with Gasteiger partial charge < -0.3 is 10.6 Å². The molecule has 1 aromatic carbocycles. The van der Waals surface area contributed by atoms with Gasteiger partial charge in [-0.25, -0.2) is 4.79 Å². The molecule has 0 aromatic heterocycles. The average Bonchev–Trinajstić information content (AvgIpc) is 2.86. The Labute approximate surface area is 148 Å². The third-order valence-electron chi connectivity index (χ3n) is 4.93. The zero-order chi connectivity index (χ0) is 17.8. The predicted molar refractivity (Wildman–Crippen MR) is 95.7 cm³/mol. The Morgan fingerprint density at radius 1 is 1.12 bits per heavy atom. The summed E-state index contributed by atoms with van der Waals surface area (Å²) in [5.41, 5.74) is 1.36. The van der Waals surface area contributed by atoms with Crippen LogP contribution in [0.25, 0.3) is 0 Å². The van der Waals surface area contributed by atoms with Crippen LogP contribution in [0, 0.1) is 0 Å². The van der Waals surface area contributed by atoms with Crippen LogP contribution in [0.1, 0.15) is 72.6 Å². The number of imide groups is 1. The van der Waals surface area contributed by atoms with E-state index in [2.05, 4.69) is 17.6 Å². The first-order valence-corrected chi connectivity index (χ1v) is 9.18. The lowest BCUT2D eigenvalue weighted by molar-refractivity contribution is 0.0549. The van der Waals surface area contributed by atoms with Gasteiger partial charge in [0.2, 0.25) is 0 Å². The number of hydrogen-bond donors (Lipinski definition) is 2. The number of carbonyl (C=O) groups excluding carboxylic acids is 3. The molecule has 2 aliphatic rings. The molecule has 6 heteroatoms. The van der Waals surface area contributed by atoms with Gasteiger partial charge in [-0.1, -0.05) is 32.6 Å². The van der Waals surface area contributed by atoms with Crippen molar-refractivity contribution in [3.63, 3.8) is 0 Å². The summed E-state index contributed by atoms with van der Waals surface area (Å²) >= 11 is 0. The number of amides is 4. The maximum absolute atomic E-state index is 12.7. The van der Waals surface area contributed by atoms with Gasteiger partial charge in [-0.15, -0.1) is 0 Å². The molecule has 2 N–H and O–H groups in total. The molecule has 1 heterocycles. The van der Waals surface area contributed by atoms with Gasteiger partial charge in [0.1, 0.15) is 0 Å². The fraction of sp³-hybridized carbons (Fsp3) is 0.526. The van der Waals surface area contributed by atoms with Crippen LogP contribution in [0.5, 0.6) is 0 Å². The van der Waals surface area contributed by atoms with E-state index in [1.54, 1.807) is 18.2 Å². The lowest BCUT2D eigenvalue weighted by Gasteiger charge is -2.29. The van der Waals surface area contributed by atoms with Gasteiger partial charge in [-0.3, -0.25) is 14.5 Å². The number of nitrogens with one attached hydrogen (secondary N) is 2. The molecule has 0 radical (unpaired) electrons. The first kappa shape index (κ1) is 17.5. The van der Waals surface area contributed by atoms with Gasteiger partial charge in [-0.05, 0) is 37.5 Å². The molecule has 25 heavy (non-hydrogen) atoms. The third-order valence-corrected chi connectivity index (χ3v) is 4.93. The Hall–Kier alpha value is -2.37. The van der Waals surface area contributed by atoms with E-state index in [-0.39, 0.29) is 23.9 Å². The molecule has 4 amide bonds. The zero-order valence-electron chi connectivity index (χ0n) is 14.6. The number of nitrogens with zero attached hydrogens (tertiary/aromatic N) is 1. The molecule has 134 valence electrons. The normalized spacial score (nSPS) is 17.6. The second kappa shape index (κ2) is 7.68. The van der Waals surface area contributed by atoms with Gasteiger partial charge >= 0.3 is 6.03 Å². The summed E-state index contributed by atoms with van der Waals surface area (Å²) in [7, 11) is 0. The lowest BCUT2D eigenvalue weighted by Crippen LogP contribution is -2.40. The molecular weight excluding hydrogens is 318 g/mol. The highest BCUT2D eigenvalue weighted by molar-refractivity contribution is 6.22. The van der Waals surface area contributed by atoms with E-state index in [1.807, 2.05) is 0 Å². The minimum atomic E-state index is -0.297. The molecule has 1 aliphatic carbocycles. The third kappa shape index (κ3) is 3.67. The Balaban J connectivity index is 1.71. The minimum absolute atomic E-state index is 0.00917. The topological polar surface area (TPSA) is 78.5 Å². The molecule has 1 aliphatic heterocycles. The van der Waals surface area contributed by atoms with E-state index in [0.717, 1.165) is 38.5 Å². The lowest BCUT2D eigenvalue weighted by atomic mass is 9.94. The van der Waals surface area contributed by atoms with Crippen LogP contribution >= 0.6 is 0 Å². The van der Waals surface area contributed by atoms with Gasteiger partial charge in [-0.2, -0.15) is 0 Å². The van der Waals surface area contributed by atoms with Crippen LogP contribution in [-0.2, 0) is 0 Å². The van der Waals surface area contributed by atoms with Gasteiger partial charge in [0.15, 0.2) is 0 Å². The summed E-state index contributed by atoms with van der Waals surface area (Å²) < 4.78 is 0. The van der Waals surface area contributed by atoms with E-state index < -0.39 is 0 Å². The van der Waals surface area contributed by atoms with Crippen molar-refractivity contribution in [1.82, 2.24) is 10.2 Å². The van der Waals surface area contributed by atoms with Crippen LogP contribution in [0.2, 0.25) is 0 Å². The fourth-order valence-electron chi connectivity index (χ4n) is 3.56. The Kier molecular flexibility index (Phi) is 5.36. The standard InChI is InChI=1S/C19H25N3O3/c1-2-3-11-20-19(25)21-13-9-10-15-16(12-13)18(24)22(17(15)23)14-7-5-4-6-8-14/h9-10,12,14H,2-8,11H2,1H3,(H2,20,21,25). The molecule has 1 fully saturated rings. The summed E-state index contributed by atoms with van der Waals surface area (Å²) in [5, 5.41) is 5.50. The van der Waals surface area contributed by atoms with Crippen molar-refractivity contribution in [2.24, 2.45) is 0 Å². The molecule has 1 saturated carbocycles. The van der Waals surface area contributed by atoms with E-state index in [1.165, 1.54) is 11.3 Å². The maximum Gasteiger partial charge on any atom is 0.319 e. The summed E-state index contributed by atoms with van der Waals surface area (Å²) in [6.45, 7) is 2.67. The van der Waals surface area contributed by atoms with Crippen LogP contribution in [0.15, 0.2) is 18.2 Å². The summed E-state index contributed by atoms with van der Waals surface area (Å²) in [4.78, 5) is 38.6. The smallest absolute Gasteiger partial charge is 0.319 e.